The average Bonchev–Trinajstić information content (AvgIpc) is 2.74. The Kier molecular flexibility index (Phi) is 5.40. The van der Waals surface area contributed by atoms with E-state index in [1.807, 2.05) is 4.90 Å². The van der Waals surface area contributed by atoms with Crippen LogP contribution in [0, 0.1) is 0 Å². The van der Waals surface area contributed by atoms with Gasteiger partial charge in [0, 0.05) is 19.3 Å². The van der Waals surface area contributed by atoms with Crippen molar-refractivity contribution in [1.29, 1.82) is 0 Å². The summed E-state index contributed by atoms with van der Waals surface area (Å²) in [6.45, 7) is 1.70. The summed E-state index contributed by atoms with van der Waals surface area (Å²) in [5.41, 5.74) is 0.160. The van der Waals surface area contributed by atoms with E-state index < -0.39 is 5.97 Å². The molecule has 5 nitrogen and oxygen atoms in total. The van der Waals surface area contributed by atoms with Crippen molar-refractivity contribution in [3.63, 3.8) is 0 Å². The number of aromatic carboxylic acids is 1. The number of rotatable bonds is 4. The number of likely N-dealkylation sites (tertiary alicyclic amines) is 1. The Morgan fingerprint density at radius 1 is 1.20 bits per heavy atom. The molecule has 0 aliphatic carbocycles. The van der Waals surface area contributed by atoms with Crippen molar-refractivity contribution in [3.8, 4) is 0 Å². The molecule has 1 saturated heterocycles. The first-order chi connectivity index (χ1) is 9.66. The van der Waals surface area contributed by atoms with E-state index in [-0.39, 0.29) is 11.5 Å². The van der Waals surface area contributed by atoms with Gasteiger partial charge in [0.05, 0.1) is 16.3 Å². The molecule has 0 spiro atoms. The summed E-state index contributed by atoms with van der Waals surface area (Å²) in [6.07, 6.45) is 5.90. The third kappa shape index (κ3) is 4.23. The molecule has 1 fully saturated rings. The summed E-state index contributed by atoms with van der Waals surface area (Å²) < 4.78 is 0. The zero-order chi connectivity index (χ0) is 14.4. The van der Waals surface area contributed by atoms with E-state index in [9.17, 15) is 9.59 Å². The maximum absolute atomic E-state index is 12.1. The molecule has 1 aromatic rings. The molecule has 1 aliphatic rings. The van der Waals surface area contributed by atoms with Crippen LogP contribution < -0.4 is 0 Å². The Labute approximate surface area is 122 Å². The van der Waals surface area contributed by atoms with Crippen molar-refractivity contribution >= 4 is 23.6 Å². The Morgan fingerprint density at radius 3 is 2.45 bits per heavy atom. The van der Waals surface area contributed by atoms with Gasteiger partial charge in [0.15, 0.2) is 0 Å². The van der Waals surface area contributed by atoms with Gasteiger partial charge in [0.2, 0.25) is 5.91 Å². The van der Waals surface area contributed by atoms with Crippen molar-refractivity contribution in [2.45, 2.75) is 30.7 Å². The highest BCUT2D eigenvalue weighted by molar-refractivity contribution is 7.99. The monoisotopic (exact) mass is 294 g/mol. The lowest BCUT2D eigenvalue weighted by molar-refractivity contribution is -0.128. The second-order valence-electron chi connectivity index (χ2n) is 4.77. The molecule has 1 aromatic heterocycles. The standard InChI is InChI=1S/C14H18N2O3S/c17-13(16-7-3-1-2-4-8-16)10-20-12-6-5-11(9-15-12)14(18)19/h5-6,9H,1-4,7-8,10H2,(H,18,19). The van der Waals surface area contributed by atoms with E-state index in [1.54, 1.807) is 6.07 Å². The Morgan fingerprint density at radius 2 is 1.90 bits per heavy atom. The summed E-state index contributed by atoms with van der Waals surface area (Å²) in [5.74, 6) is -0.491. The number of aromatic nitrogens is 1. The molecule has 1 amide bonds. The predicted octanol–water partition coefficient (Wildman–Crippen LogP) is 2.27. The fourth-order valence-electron chi connectivity index (χ4n) is 2.14. The van der Waals surface area contributed by atoms with Crippen molar-refractivity contribution < 1.29 is 14.7 Å². The van der Waals surface area contributed by atoms with E-state index in [0.29, 0.717) is 10.8 Å². The van der Waals surface area contributed by atoms with Crippen LogP contribution in [0.4, 0.5) is 0 Å². The molecule has 108 valence electrons. The first kappa shape index (κ1) is 14.8. The van der Waals surface area contributed by atoms with Crippen LogP contribution >= 0.6 is 11.8 Å². The average molecular weight is 294 g/mol. The zero-order valence-electron chi connectivity index (χ0n) is 11.2. The number of carboxylic acids is 1. The van der Waals surface area contributed by atoms with Gasteiger partial charge < -0.3 is 10.0 Å². The number of hydrogen-bond acceptors (Lipinski definition) is 4. The number of hydrogen-bond donors (Lipinski definition) is 1. The van der Waals surface area contributed by atoms with Gasteiger partial charge in [-0.1, -0.05) is 24.6 Å². The summed E-state index contributed by atoms with van der Waals surface area (Å²) in [6, 6.07) is 3.15. The first-order valence-corrected chi connectivity index (χ1v) is 7.75. The quantitative estimate of drug-likeness (QED) is 0.863. The van der Waals surface area contributed by atoms with Crippen LogP contribution in [-0.2, 0) is 4.79 Å². The fraction of sp³-hybridized carbons (Fsp3) is 0.500. The smallest absolute Gasteiger partial charge is 0.337 e. The van der Waals surface area contributed by atoms with Crippen LogP contribution in [0.2, 0.25) is 0 Å². The minimum Gasteiger partial charge on any atom is -0.478 e. The van der Waals surface area contributed by atoms with E-state index in [4.69, 9.17) is 5.11 Å². The molecular weight excluding hydrogens is 276 g/mol. The van der Waals surface area contributed by atoms with Crippen LogP contribution in [0.25, 0.3) is 0 Å². The number of amides is 1. The van der Waals surface area contributed by atoms with Crippen LogP contribution in [0.1, 0.15) is 36.0 Å². The van der Waals surface area contributed by atoms with E-state index >= 15 is 0 Å². The first-order valence-electron chi connectivity index (χ1n) is 6.77. The highest BCUT2D eigenvalue weighted by atomic mass is 32.2. The van der Waals surface area contributed by atoms with Gasteiger partial charge >= 0.3 is 5.97 Å². The van der Waals surface area contributed by atoms with Crippen LogP contribution in [0.15, 0.2) is 23.4 Å². The number of carbonyl (C=O) groups is 2. The van der Waals surface area contributed by atoms with Crippen molar-refractivity contribution in [3.05, 3.63) is 23.9 Å². The lowest BCUT2D eigenvalue weighted by atomic mass is 10.2. The van der Waals surface area contributed by atoms with E-state index in [2.05, 4.69) is 4.98 Å². The van der Waals surface area contributed by atoms with Gasteiger partial charge in [0.1, 0.15) is 0 Å². The number of nitrogens with zero attached hydrogens (tertiary/aromatic N) is 2. The van der Waals surface area contributed by atoms with Gasteiger partial charge in [-0.05, 0) is 25.0 Å². The Bertz CT molecular complexity index is 468. The molecule has 2 heterocycles. The Hall–Kier alpha value is -1.56. The molecule has 0 radical (unpaired) electrons. The highest BCUT2D eigenvalue weighted by Crippen LogP contribution is 2.17. The molecule has 0 unspecified atom stereocenters. The lowest BCUT2D eigenvalue weighted by Crippen LogP contribution is -2.33. The number of carbonyl (C=O) groups excluding carboxylic acids is 1. The molecule has 6 heteroatoms. The highest BCUT2D eigenvalue weighted by Gasteiger charge is 2.15. The second-order valence-corrected chi connectivity index (χ2v) is 5.77. The number of thioether (sulfide) groups is 1. The summed E-state index contributed by atoms with van der Waals surface area (Å²) in [7, 11) is 0. The maximum atomic E-state index is 12.1. The zero-order valence-corrected chi connectivity index (χ0v) is 12.1. The fourth-order valence-corrected chi connectivity index (χ4v) is 2.88. The van der Waals surface area contributed by atoms with Gasteiger partial charge in [-0.3, -0.25) is 4.79 Å². The van der Waals surface area contributed by atoms with Crippen molar-refractivity contribution in [2.75, 3.05) is 18.8 Å². The Balaban J connectivity index is 1.84. The molecular formula is C14H18N2O3S. The van der Waals surface area contributed by atoms with Gasteiger partial charge in [-0.2, -0.15) is 0 Å². The molecule has 0 atom stereocenters. The summed E-state index contributed by atoms with van der Waals surface area (Å²) in [4.78, 5) is 28.8. The molecule has 0 aromatic carbocycles. The van der Waals surface area contributed by atoms with Gasteiger partial charge in [0.25, 0.3) is 0 Å². The molecule has 1 aliphatic heterocycles. The summed E-state index contributed by atoms with van der Waals surface area (Å²) in [5, 5.41) is 9.46. The third-order valence-electron chi connectivity index (χ3n) is 3.29. The molecule has 2 rings (SSSR count). The SMILES string of the molecule is O=C(O)c1ccc(SCC(=O)N2CCCCCC2)nc1. The molecule has 0 saturated carbocycles. The topological polar surface area (TPSA) is 70.5 Å². The molecule has 1 N–H and O–H groups in total. The van der Waals surface area contributed by atoms with E-state index in [1.165, 1.54) is 36.9 Å². The second kappa shape index (κ2) is 7.28. The van der Waals surface area contributed by atoms with Crippen LogP contribution in [0.3, 0.4) is 0 Å². The predicted molar refractivity (Wildman–Crippen MR) is 77.0 cm³/mol. The van der Waals surface area contributed by atoms with E-state index in [0.717, 1.165) is 25.9 Å². The van der Waals surface area contributed by atoms with Crippen molar-refractivity contribution in [1.82, 2.24) is 9.88 Å². The molecule has 20 heavy (non-hydrogen) atoms. The number of pyridine rings is 1. The largest absolute Gasteiger partial charge is 0.478 e. The third-order valence-corrected chi connectivity index (χ3v) is 4.21. The minimum absolute atomic E-state index is 0.140. The van der Waals surface area contributed by atoms with Crippen LogP contribution in [0.5, 0.6) is 0 Å². The normalized spacial score (nSPS) is 15.7. The lowest BCUT2D eigenvalue weighted by Gasteiger charge is -2.19. The van der Waals surface area contributed by atoms with Gasteiger partial charge in [-0.25, -0.2) is 9.78 Å². The minimum atomic E-state index is -0.991. The summed E-state index contributed by atoms with van der Waals surface area (Å²) >= 11 is 1.35. The van der Waals surface area contributed by atoms with Gasteiger partial charge in [-0.15, -0.1) is 0 Å². The van der Waals surface area contributed by atoms with Crippen LogP contribution in [-0.4, -0.2) is 45.7 Å². The molecule has 0 bridgehead atoms. The van der Waals surface area contributed by atoms with Crippen molar-refractivity contribution in [2.24, 2.45) is 0 Å². The maximum Gasteiger partial charge on any atom is 0.337 e. The number of carboxylic acid groups (broad SMARTS) is 1.